The minimum atomic E-state index is -1.82. The van der Waals surface area contributed by atoms with Gasteiger partial charge in [0.2, 0.25) is 0 Å². The number of amides is 1. The first-order valence-electron chi connectivity index (χ1n) is 3.45. The van der Waals surface area contributed by atoms with E-state index < -0.39 is 19.0 Å². The molecule has 0 saturated heterocycles. The quantitative estimate of drug-likeness (QED) is 0.532. The van der Waals surface area contributed by atoms with Crippen molar-refractivity contribution in [2.45, 2.75) is 0 Å². The van der Waals surface area contributed by atoms with E-state index in [1.54, 1.807) is 10.2 Å². The molecule has 1 aliphatic heterocycles. The summed E-state index contributed by atoms with van der Waals surface area (Å²) in [5, 5.41) is 0. The first kappa shape index (κ1) is 8.31. The number of carbonyl (C=O) groups is 1. The average molecular weight is 296 g/mol. The van der Waals surface area contributed by atoms with Gasteiger partial charge in [0.15, 0.2) is 0 Å². The van der Waals surface area contributed by atoms with Gasteiger partial charge in [-0.15, -0.1) is 0 Å². The van der Waals surface area contributed by atoms with Crippen LogP contribution in [0.2, 0.25) is 0 Å². The van der Waals surface area contributed by atoms with Crippen LogP contribution >= 0.6 is 27.9 Å². The second-order valence-electron chi connectivity index (χ2n) is 2.48. The standard InChI is InChI=1S/C8H7ClINO/c1-11-8(12)6-4-2-3-5-7(6)10(11)9/h2-5H,1H3. The van der Waals surface area contributed by atoms with Crippen molar-refractivity contribution >= 4 is 33.8 Å². The molecule has 0 aromatic heterocycles. The number of rotatable bonds is 0. The van der Waals surface area contributed by atoms with Crippen molar-refractivity contribution in [3.05, 3.63) is 33.4 Å². The number of fused-ring (bicyclic) bond motifs is 1. The third-order valence-electron chi connectivity index (χ3n) is 1.77. The van der Waals surface area contributed by atoms with E-state index in [1.807, 2.05) is 24.3 Å². The second kappa shape index (κ2) is 2.88. The molecule has 0 spiro atoms. The summed E-state index contributed by atoms with van der Waals surface area (Å²) in [6, 6.07) is 7.59. The molecule has 0 aliphatic carbocycles. The number of hydrogen-bond donors (Lipinski definition) is 0. The van der Waals surface area contributed by atoms with Crippen molar-refractivity contribution < 1.29 is 4.79 Å². The molecule has 0 atom stereocenters. The molecule has 0 saturated carbocycles. The Morgan fingerprint density at radius 2 is 2.08 bits per heavy atom. The van der Waals surface area contributed by atoms with Crippen LogP contribution in [0.1, 0.15) is 10.4 Å². The van der Waals surface area contributed by atoms with Crippen molar-refractivity contribution in [3.63, 3.8) is 0 Å². The van der Waals surface area contributed by atoms with E-state index in [0.29, 0.717) is 0 Å². The Bertz CT molecular complexity index is 342. The van der Waals surface area contributed by atoms with Crippen molar-refractivity contribution in [2.75, 3.05) is 7.05 Å². The van der Waals surface area contributed by atoms with Gasteiger partial charge in [0.25, 0.3) is 0 Å². The summed E-state index contributed by atoms with van der Waals surface area (Å²) in [5.41, 5.74) is 0.792. The fourth-order valence-electron chi connectivity index (χ4n) is 1.14. The van der Waals surface area contributed by atoms with Gasteiger partial charge in [0, 0.05) is 0 Å². The summed E-state index contributed by atoms with van der Waals surface area (Å²) < 4.78 is 2.76. The van der Waals surface area contributed by atoms with Crippen LogP contribution in [0, 0.1) is 3.57 Å². The minimum absolute atomic E-state index is 0.0748. The Hall–Kier alpha value is -0.290. The summed E-state index contributed by atoms with van der Waals surface area (Å²) in [7, 11) is 7.93. The van der Waals surface area contributed by atoms with E-state index in [2.05, 4.69) is 0 Å². The molecule has 1 aliphatic rings. The van der Waals surface area contributed by atoms with Gasteiger partial charge in [-0.25, -0.2) is 0 Å². The summed E-state index contributed by atoms with van der Waals surface area (Å²) in [4.78, 5) is 11.5. The van der Waals surface area contributed by atoms with Crippen LogP contribution in [0.15, 0.2) is 24.3 Å². The molecule has 2 nitrogen and oxygen atoms in total. The molecule has 4 heteroatoms. The van der Waals surface area contributed by atoms with E-state index in [0.717, 1.165) is 9.13 Å². The first-order chi connectivity index (χ1) is 5.72. The summed E-state index contributed by atoms with van der Waals surface area (Å²) in [6.07, 6.45) is 0. The fraction of sp³-hybridized carbons (Fsp3) is 0.125. The maximum atomic E-state index is 11.5. The fourth-order valence-corrected chi connectivity index (χ4v) is 5.18. The van der Waals surface area contributed by atoms with Crippen molar-refractivity contribution in [1.82, 2.24) is 3.11 Å². The zero-order valence-electron chi connectivity index (χ0n) is 6.42. The number of benzene rings is 1. The van der Waals surface area contributed by atoms with Gasteiger partial charge in [0.05, 0.1) is 0 Å². The molecule has 0 N–H and O–H groups in total. The van der Waals surface area contributed by atoms with Crippen molar-refractivity contribution in [2.24, 2.45) is 0 Å². The van der Waals surface area contributed by atoms with Crippen LogP contribution in [0.5, 0.6) is 0 Å². The Kier molecular flexibility index (Phi) is 2.00. The van der Waals surface area contributed by atoms with Gasteiger partial charge < -0.3 is 0 Å². The Balaban J connectivity index is 2.59. The van der Waals surface area contributed by atoms with Crippen molar-refractivity contribution in [1.29, 1.82) is 0 Å². The third-order valence-corrected chi connectivity index (χ3v) is 7.70. The molecule has 1 heterocycles. The Labute approximate surface area is 82.0 Å². The number of halogens is 2. The predicted octanol–water partition coefficient (Wildman–Crippen LogP) is 2.52. The van der Waals surface area contributed by atoms with Gasteiger partial charge in [-0.05, 0) is 0 Å². The van der Waals surface area contributed by atoms with E-state index >= 15 is 0 Å². The summed E-state index contributed by atoms with van der Waals surface area (Å²) in [5.74, 6) is 0.0748. The van der Waals surface area contributed by atoms with E-state index in [4.69, 9.17) is 8.91 Å². The summed E-state index contributed by atoms with van der Waals surface area (Å²) in [6.45, 7) is 0. The Morgan fingerprint density at radius 3 is 2.75 bits per heavy atom. The average Bonchev–Trinajstić information content (AvgIpc) is 2.33. The monoisotopic (exact) mass is 295 g/mol. The van der Waals surface area contributed by atoms with E-state index in [1.165, 1.54) is 0 Å². The second-order valence-corrected chi connectivity index (χ2v) is 8.16. The van der Waals surface area contributed by atoms with Crippen molar-refractivity contribution in [3.8, 4) is 0 Å². The van der Waals surface area contributed by atoms with Crippen LogP contribution in [0.3, 0.4) is 0 Å². The zero-order valence-corrected chi connectivity index (χ0v) is 9.33. The van der Waals surface area contributed by atoms with Gasteiger partial charge in [-0.1, -0.05) is 0 Å². The van der Waals surface area contributed by atoms with Crippen LogP contribution in [0.4, 0.5) is 0 Å². The molecule has 0 bridgehead atoms. The first-order valence-corrected chi connectivity index (χ1v) is 8.23. The molecule has 2 rings (SSSR count). The molecule has 0 unspecified atom stereocenters. The molecular formula is C8H7ClINO. The molecule has 64 valence electrons. The molecule has 1 aromatic rings. The van der Waals surface area contributed by atoms with Gasteiger partial charge >= 0.3 is 82.1 Å². The van der Waals surface area contributed by atoms with Gasteiger partial charge in [-0.2, -0.15) is 0 Å². The predicted molar refractivity (Wildman–Crippen MR) is 57.1 cm³/mol. The van der Waals surface area contributed by atoms with Crippen LogP contribution in [-0.2, 0) is 0 Å². The molecule has 1 aromatic carbocycles. The van der Waals surface area contributed by atoms with Crippen LogP contribution < -0.4 is 0 Å². The maximum absolute atomic E-state index is 11.5. The zero-order chi connectivity index (χ0) is 8.72. The molecular weight excluding hydrogens is 288 g/mol. The normalized spacial score (nSPS) is 18.3. The van der Waals surface area contributed by atoms with E-state index in [-0.39, 0.29) is 5.91 Å². The number of nitrogens with zero attached hydrogens (tertiary/aromatic N) is 1. The topological polar surface area (TPSA) is 20.3 Å². The SMILES string of the molecule is CN1C(=O)c2ccccc2I1Cl. The van der Waals surface area contributed by atoms with E-state index in [9.17, 15) is 4.79 Å². The van der Waals surface area contributed by atoms with Crippen LogP contribution in [0.25, 0.3) is 0 Å². The molecule has 12 heavy (non-hydrogen) atoms. The Morgan fingerprint density at radius 1 is 1.42 bits per heavy atom. The third kappa shape index (κ3) is 1.03. The molecule has 1 amide bonds. The number of carbonyl (C=O) groups excluding carboxylic acids is 1. The summed E-state index contributed by atoms with van der Waals surface area (Å²) >= 11 is -1.82. The van der Waals surface area contributed by atoms with Gasteiger partial charge in [-0.3, -0.25) is 0 Å². The number of hydrogen-bond acceptors (Lipinski definition) is 1. The molecule has 0 radical (unpaired) electrons. The van der Waals surface area contributed by atoms with Gasteiger partial charge in [0.1, 0.15) is 0 Å². The van der Waals surface area contributed by atoms with Crippen LogP contribution in [-0.4, -0.2) is 16.1 Å². The molecule has 0 fully saturated rings.